The average Bonchev–Trinajstić information content (AvgIpc) is 2.23. The number of nitrogens with zero attached hydrogens (tertiary/aromatic N) is 1. The molecule has 0 atom stereocenters. The second kappa shape index (κ2) is 7.55. The maximum Gasteiger partial charge on any atom is 0.389 e. The Balaban J connectivity index is 4.37. The quantitative estimate of drug-likeness (QED) is 0.463. The van der Waals surface area contributed by atoms with E-state index in [9.17, 15) is 13.2 Å². The lowest BCUT2D eigenvalue weighted by Gasteiger charge is -2.18. The van der Waals surface area contributed by atoms with Crippen molar-refractivity contribution in [3.8, 4) is 0 Å². The van der Waals surface area contributed by atoms with E-state index in [-0.39, 0.29) is 13.3 Å². The molecule has 8 heteroatoms. The average molecular weight is 255 g/mol. The first-order valence-electron chi connectivity index (χ1n) is 4.88. The first-order chi connectivity index (χ1) is 7.47. The van der Waals surface area contributed by atoms with Gasteiger partial charge in [0.1, 0.15) is 13.3 Å². The number of carbonyl (C=O) groups is 1. The summed E-state index contributed by atoms with van der Waals surface area (Å²) in [6.45, 7) is 2.85. The van der Waals surface area contributed by atoms with Crippen LogP contribution in [0.5, 0.6) is 0 Å². The lowest BCUT2D eigenvalue weighted by atomic mass is 10.5. The largest absolute Gasteiger partial charge is 0.389 e. The van der Waals surface area contributed by atoms with Crippen molar-refractivity contribution in [2.24, 2.45) is 0 Å². The van der Waals surface area contributed by atoms with Crippen molar-refractivity contribution in [1.82, 2.24) is 4.31 Å². The van der Waals surface area contributed by atoms with Crippen LogP contribution in [0, 0.1) is 0 Å². The molecule has 0 heterocycles. The molecule has 16 heavy (non-hydrogen) atoms. The number of rotatable bonds is 8. The van der Waals surface area contributed by atoms with E-state index in [1.54, 1.807) is 6.92 Å². The van der Waals surface area contributed by atoms with Gasteiger partial charge in [-0.3, -0.25) is 0 Å². The Morgan fingerprint density at radius 1 is 1.38 bits per heavy atom. The molecule has 0 rings (SSSR count). The standard InChI is InChI=1S/C8H17NO6S/c1-3-5-14-7-9(4-2)16(12,13)15-8(11)6-10/h10H,3-7H2,1-2H3. The van der Waals surface area contributed by atoms with Crippen LogP contribution in [0.1, 0.15) is 20.3 Å². The molecule has 0 unspecified atom stereocenters. The number of carbonyl (C=O) groups excluding carboxylic acids is 1. The van der Waals surface area contributed by atoms with Crippen LogP contribution in [0.3, 0.4) is 0 Å². The second-order valence-corrected chi connectivity index (χ2v) is 4.42. The first kappa shape index (κ1) is 15.3. The van der Waals surface area contributed by atoms with E-state index in [0.29, 0.717) is 6.61 Å². The predicted octanol–water partition coefficient (Wildman–Crippen LogP) is -0.527. The Morgan fingerprint density at radius 3 is 2.44 bits per heavy atom. The molecule has 0 fully saturated rings. The summed E-state index contributed by atoms with van der Waals surface area (Å²) in [5.41, 5.74) is 0. The summed E-state index contributed by atoms with van der Waals surface area (Å²) in [6.07, 6.45) is 0.758. The van der Waals surface area contributed by atoms with Gasteiger partial charge in [0, 0.05) is 13.2 Å². The molecule has 0 aliphatic heterocycles. The van der Waals surface area contributed by atoms with Crippen molar-refractivity contribution >= 4 is 16.3 Å². The summed E-state index contributed by atoms with van der Waals surface area (Å²) in [4.78, 5) is 10.7. The molecular weight excluding hydrogens is 238 g/mol. The van der Waals surface area contributed by atoms with Crippen molar-refractivity contribution in [3.05, 3.63) is 0 Å². The van der Waals surface area contributed by atoms with Gasteiger partial charge >= 0.3 is 16.3 Å². The van der Waals surface area contributed by atoms with Crippen LogP contribution in [0.15, 0.2) is 0 Å². The van der Waals surface area contributed by atoms with Crippen LogP contribution >= 0.6 is 0 Å². The highest BCUT2D eigenvalue weighted by molar-refractivity contribution is 7.84. The summed E-state index contributed by atoms with van der Waals surface area (Å²) in [5, 5.41) is 8.38. The lowest BCUT2D eigenvalue weighted by molar-refractivity contribution is -0.137. The fourth-order valence-electron chi connectivity index (χ4n) is 0.821. The maximum absolute atomic E-state index is 11.4. The third kappa shape index (κ3) is 5.40. The van der Waals surface area contributed by atoms with Crippen molar-refractivity contribution in [1.29, 1.82) is 0 Å². The summed E-state index contributed by atoms with van der Waals surface area (Å²) < 4.78 is 32.8. The van der Waals surface area contributed by atoms with Gasteiger partial charge in [0.05, 0.1) is 0 Å². The van der Waals surface area contributed by atoms with Crippen LogP contribution in [0.4, 0.5) is 0 Å². The molecule has 7 nitrogen and oxygen atoms in total. The normalized spacial score (nSPS) is 11.8. The third-order valence-corrected chi connectivity index (χ3v) is 2.97. The molecule has 0 radical (unpaired) electrons. The third-order valence-electron chi connectivity index (χ3n) is 1.58. The molecule has 0 spiro atoms. The Bertz CT molecular complexity index is 302. The number of aliphatic hydroxyl groups is 1. The molecule has 0 aromatic carbocycles. The van der Waals surface area contributed by atoms with E-state index in [1.807, 2.05) is 6.92 Å². The van der Waals surface area contributed by atoms with Crippen molar-refractivity contribution < 1.29 is 27.2 Å². The van der Waals surface area contributed by atoms with E-state index in [4.69, 9.17) is 9.84 Å². The van der Waals surface area contributed by atoms with Crippen molar-refractivity contribution in [2.45, 2.75) is 20.3 Å². The number of aliphatic hydroxyl groups excluding tert-OH is 1. The lowest BCUT2D eigenvalue weighted by Crippen LogP contribution is -2.36. The Kier molecular flexibility index (Phi) is 7.22. The molecule has 0 saturated heterocycles. The highest BCUT2D eigenvalue weighted by Gasteiger charge is 2.24. The highest BCUT2D eigenvalue weighted by atomic mass is 32.2. The van der Waals surface area contributed by atoms with Gasteiger partial charge in [0.2, 0.25) is 0 Å². The van der Waals surface area contributed by atoms with E-state index in [0.717, 1.165) is 10.7 Å². The van der Waals surface area contributed by atoms with Gasteiger partial charge in [-0.25, -0.2) is 4.79 Å². The van der Waals surface area contributed by atoms with Gasteiger partial charge < -0.3 is 14.0 Å². The van der Waals surface area contributed by atoms with Gasteiger partial charge in [0.15, 0.2) is 0 Å². The SMILES string of the molecule is CCCOCN(CC)S(=O)(=O)OC(=O)CO. The Hall–Kier alpha value is -0.700. The van der Waals surface area contributed by atoms with E-state index in [2.05, 4.69) is 4.18 Å². The molecule has 0 aliphatic rings. The van der Waals surface area contributed by atoms with Crippen LogP contribution in [-0.2, 0) is 24.0 Å². The number of hydrogen-bond donors (Lipinski definition) is 1. The zero-order valence-corrected chi connectivity index (χ0v) is 10.2. The fourth-order valence-corrected chi connectivity index (χ4v) is 1.73. The minimum atomic E-state index is -4.17. The molecule has 1 N–H and O–H groups in total. The zero-order chi connectivity index (χ0) is 12.6. The van der Waals surface area contributed by atoms with Gasteiger partial charge in [-0.05, 0) is 6.42 Å². The smallest absolute Gasteiger partial charge is 0.385 e. The van der Waals surface area contributed by atoms with Gasteiger partial charge in [-0.15, -0.1) is 4.31 Å². The Labute approximate surface area is 95.2 Å². The molecule has 0 amide bonds. The van der Waals surface area contributed by atoms with E-state index in [1.165, 1.54) is 0 Å². The molecule has 96 valence electrons. The molecular formula is C8H17NO6S. The molecule has 0 saturated carbocycles. The molecule has 0 aliphatic carbocycles. The van der Waals surface area contributed by atoms with Gasteiger partial charge in [0.25, 0.3) is 0 Å². The van der Waals surface area contributed by atoms with Crippen LogP contribution < -0.4 is 0 Å². The van der Waals surface area contributed by atoms with Crippen LogP contribution in [0.2, 0.25) is 0 Å². The highest BCUT2D eigenvalue weighted by Crippen LogP contribution is 2.03. The van der Waals surface area contributed by atoms with Crippen LogP contribution in [-0.4, -0.2) is 50.3 Å². The summed E-state index contributed by atoms with van der Waals surface area (Å²) in [6, 6.07) is 0. The van der Waals surface area contributed by atoms with Crippen molar-refractivity contribution in [3.63, 3.8) is 0 Å². The Morgan fingerprint density at radius 2 is 2.00 bits per heavy atom. The summed E-state index contributed by atoms with van der Waals surface area (Å²) in [5.74, 6) is -1.21. The summed E-state index contributed by atoms with van der Waals surface area (Å²) >= 11 is 0. The zero-order valence-electron chi connectivity index (χ0n) is 9.38. The fraction of sp³-hybridized carbons (Fsp3) is 0.875. The minimum absolute atomic E-state index is 0.116. The topological polar surface area (TPSA) is 93.1 Å². The number of ether oxygens (including phenoxy) is 1. The van der Waals surface area contributed by atoms with E-state index < -0.39 is 22.9 Å². The second-order valence-electron chi connectivity index (χ2n) is 2.88. The van der Waals surface area contributed by atoms with Gasteiger partial charge in [-0.2, -0.15) is 8.42 Å². The van der Waals surface area contributed by atoms with Crippen LogP contribution in [0.25, 0.3) is 0 Å². The first-order valence-corrected chi connectivity index (χ1v) is 6.25. The predicted molar refractivity (Wildman–Crippen MR) is 55.6 cm³/mol. The minimum Gasteiger partial charge on any atom is -0.385 e. The monoisotopic (exact) mass is 255 g/mol. The maximum atomic E-state index is 11.4. The molecule has 0 aromatic rings. The van der Waals surface area contributed by atoms with E-state index >= 15 is 0 Å². The summed E-state index contributed by atoms with van der Waals surface area (Å²) in [7, 11) is -4.17. The number of hydrogen-bond acceptors (Lipinski definition) is 6. The molecule has 0 bridgehead atoms. The molecule has 0 aromatic heterocycles. The van der Waals surface area contributed by atoms with Crippen molar-refractivity contribution in [2.75, 3.05) is 26.5 Å². The van der Waals surface area contributed by atoms with Gasteiger partial charge in [-0.1, -0.05) is 13.8 Å².